The highest BCUT2D eigenvalue weighted by atomic mass is 16.5. The first-order valence-corrected chi connectivity index (χ1v) is 4.94. The fourth-order valence-corrected chi connectivity index (χ4v) is 1.36. The summed E-state index contributed by atoms with van der Waals surface area (Å²) in [5.74, 6) is -0.796. The third-order valence-electron chi connectivity index (χ3n) is 2.16. The summed E-state index contributed by atoms with van der Waals surface area (Å²) >= 11 is 0. The number of carbonyl (C=O) groups excluding carboxylic acids is 2. The zero-order chi connectivity index (χ0) is 12.8. The van der Waals surface area contributed by atoms with Crippen LogP contribution in [0.15, 0.2) is 18.2 Å². The van der Waals surface area contributed by atoms with Crippen LogP contribution in [0.5, 0.6) is 0 Å². The van der Waals surface area contributed by atoms with E-state index in [0.29, 0.717) is 16.8 Å². The second kappa shape index (κ2) is 5.66. The van der Waals surface area contributed by atoms with Crippen molar-refractivity contribution in [3.8, 4) is 6.07 Å². The molecule has 0 radical (unpaired) electrons. The molecule has 0 saturated heterocycles. The summed E-state index contributed by atoms with van der Waals surface area (Å²) in [6.45, 7) is 1.74. The van der Waals surface area contributed by atoms with Crippen molar-refractivity contribution in [2.75, 3.05) is 12.4 Å². The van der Waals surface area contributed by atoms with E-state index < -0.39 is 5.97 Å². The molecule has 1 rings (SSSR count). The predicted molar refractivity (Wildman–Crippen MR) is 61.4 cm³/mol. The average molecular weight is 232 g/mol. The minimum atomic E-state index is -0.419. The molecule has 0 unspecified atom stereocenters. The van der Waals surface area contributed by atoms with Crippen molar-refractivity contribution in [1.82, 2.24) is 0 Å². The standard InChI is InChI=1S/C12H12N2O3/c1-8-7-9(14-11(15)5-6-13)3-4-10(8)12(16)17-2/h3-4,7H,5H2,1-2H3,(H,14,15). The van der Waals surface area contributed by atoms with Gasteiger partial charge in [0.2, 0.25) is 5.91 Å². The monoisotopic (exact) mass is 232 g/mol. The van der Waals surface area contributed by atoms with E-state index in [1.165, 1.54) is 7.11 Å². The number of amides is 1. The summed E-state index contributed by atoms with van der Waals surface area (Å²) in [6, 6.07) is 6.57. The summed E-state index contributed by atoms with van der Waals surface area (Å²) in [6.07, 6.45) is -0.197. The molecule has 0 heterocycles. The van der Waals surface area contributed by atoms with Crippen LogP contribution in [0, 0.1) is 18.3 Å². The number of nitriles is 1. The Morgan fingerprint density at radius 3 is 2.71 bits per heavy atom. The minimum Gasteiger partial charge on any atom is -0.465 e. The Hall–Kier alpha value is -2.35. The number of hydrogen-bond acceptors (Lipinski definition) is 4. The van der Waals surface area contributed by atoms with Crippen LogP contribution < -0.4 is 5.32 Å². The molecule has 5 heteroatoms. The number of aryl methyl sites for hydroxylation is 1. The van der Waals surface area contributed by atoms with E-state index in [1.54, 1.807) is 31.2 Å². The first-order chi connectivity index (χ1) is 8.08. The van der Waals surface area contributed by atoms with Gasteiger partial charge in [-0.1, -0.05) is 0 Å². The second-order valence-electron chi connectivity index (χ2n) is 3.40. The lowest BCUT2D eigenvalue weighted by atomic mass is 10.1. The normalized spacial score (nSPS) is 9.24. The number of carbonyl (C=O) groups is 2. The van der Waals surface area contributed by atoms with Crippen LogP contribution in [0.4, 0.5) is 5.69 Å². The van der Waals surface area contributed by atoms with Crippen LogP contribution in [-0.2, 0) is 9.53 Å². The third kappa shape index (κ3) is 3.31. The van der Waals surface area contributed by atoms with E-state index in [1.807, 2.05) is 0 Å². The molecule has 0 aliphatic carbocycles. The lowest BCUT2D eigenvalue weighted by molar-refractivity contribution is -0.115. The van der Waals surface area contributed by atoms with E-state index >= 15 is 0 Å². The summed E-state index contributed by atoms with van der Waals surface area (Å²) in [4.78, 5) is 22.5. The topological polar surface area (TPSA) is 79.2 Å². The Bertz CT molecular complexity index is 489. The van der Waals surface area contributed by atoms with Crippen molar-refractivity contribution in [3.05, 3.63) is 29.3 Å². The number of rotatable bonds is 3. The van der Waals surface area contributed by atoms with E-state index in [4.69, 9.17) is 5.26 Å². The first-order valence-electron chi connectivity index (χ1n) is 4.94. The molecule has 0 bridgehead atoms. The fourth-order valence-electron chi connectivity index (χ4n) is 1.36. The number of nitrogens with zero attached hydrogens (tertiary/aromatic N) is 1. The number of nitrogens with one attached hydrogen (secondary N) is 1. The summed E-state index contributed by atoms with van der Waals surface area (Å²) < 4.78 is 4.61. The predicted octanol–water partition coefficient (Wildman–Crippen LogP) is 1.63. The maximum atomic E-state index is 11.3. The maximum absolute atomic E-state index is 11.3. The van der Waals surface area contributed by atoms with Crippen LogP contribution in [-0.4, -0.2) is 19.0 Å². The van der Waals surface area contributed by atoms with E-state index in [0.717, 1.165) is 0 Å². The van der Waals surface area contributed by atoms with Crippen molar-refractivity contribution in [3.63, 3.8) is 0 Å². The minimum absolute atomic E-state index is 0.197. The highest BCUT2D eigenvalue weighted by Gasteiger charge is 2.10. The molecular formula is C12H12N2O3. The van der Waals surface area contributed by atoms with Crippen molar-refractivity contribution < 1.29 is 14.3 Å². The molecule has 1 amide bonds. The SMILES string of the molecule is COC(=O)c1ccc(NC(=O)CC#N)cc1C. The lowest BCUT2D eigenvalue weighted by Gasteiger charge is -2.07. The number of esters is 1. The molecule has 0 aliphatic heterocycles. The van der Waals surface area contributed by atoms with Gasteiger partial charge < -0.3 is 10.1 Å². The molecule has 88 valence electrons. The summed E-state index contributed by atoms with van der Waals surface area (Å²) in [5.41, 5.74) is 1.70. The highest BCUT2D eigenvalue weighted by Crippen LogP contribution is 2.16. The number of hydrogen-bond donors (Lipinski definition) is 1. The molecule has 0 aromatic heterocycles. The summed E-state index contributed by atoms with van der Waals surface area (Å²) in [7, 11) is 1.31. The summed E-state index contributed by atoms with van der Waals surface area (Å²) in [5, 5.41) is 10.9. The average Bonchev–Trinajstić information content (AvgIpc) is 2.28. The fraction of sp³-hybridized carbons (Fsp3) is 0.250. The molecule has 0 fully saturated rings. The van der Waals surface area contributed by atoms with Gasteiger partial charge in [-0.3, -0.25) is 4.79 Å². The molecule has 0 aliphatic rings. The van der Waals surface area contributed by atoms with Gasteiger partial charge in [-0.25, -0.2) is 4.79 Å². The van der Waals surface area contributed by atoms with Gasteiger partial charge in [0, 0.05) is 5.69 Å². The number of ether oxygens (including phenoxy) is 1. The van der Waals surface area contributed by atoms with Gasteiger partial charge in [-0.15, -0.1) is 0 Å². The molecule has 1 aromatic rings. The lowest BCUT2D eigenvalue weighted by Crippen LogP contribution is -2.11. The van der Waals surface area contributed by atoms with Crippen LogP contribution in [0.1, 0.15) is 22.3 Å². The molecule has 5 nitrogen and oxygen atoms in total. The molecule has 0 saturated carbocycles. The van der Waals surface area contributed by atoms with E-state index in [2.05, 4.69) is 10.1 Å². The van der Waals surface area contributed by atoms with Gasteiger partial charge >= 0.3 is 5.97 Å². The van der Waals surface area contributed by atoms with Crippen LogP contribution in [0.2, 0.25) is 0 Å². The van der Waals surface area contributed by atoms with Crippen molar-refractivity contribution in [2.24, 2.45) is 0 Å². The van der Waals surface area contributed by atoms with Gasteiger partial charge in [0.05, 0.1) is 18.7 Å². The molecular weight excluding hydrogens is 220 g/mol. The molecule has 1 aromatic carbocycles. The number of benzene rings is 1. The van der Waals surface area contributed by atoms with Crippen molar-refractivity contribution in [1.29, 1.82) is 5.26 Å². The Morgan fingerprint density at radius 1 is 1.47 bits per heavy atom. The molecule has 0 atom stereocenters. The van der Waals surface area contributed by atoms with Crippen LogP contribution in [0.25, 0.3) is 0 Å². The third-order valence-corrected chi connectivity index (χ3v) is 2.16. The quantitative estimate of drug-likeness (QED) is 0.803. The van der Waals surface area contributed by atoms with Gasteiger partial charge in [-0.2, -0.15) is 5.26 Å². The number of methoxy groups -OCH3 is 1. The zero-order valence-electron chi connectivity index (χ0n) is 9.61. The first kappa shape index (κ1) is 12.7. The number of anilines is 1. The van der Waals surface area contributed by atoms with Crippen molar-refractivity contribution >= 4 is 17.6 Å². The van der Waals surface area contributed by atoms with Gasteiger partial charge in [0.1, 0.15) is 6.42 Å². The van der Waals surface area contributed by atoms with Gasteiger partial charge in [0.25, 0.3) is 0 Å². The second-order valence-corrected chi connectivity index (χ2v) is 3.40. The Morgan fingerprint density at radius 2 is 2.18 bits per heavy atom. The largest absolute Gasteiger partial charge is 0.465 e. The van der Waals surface area contributed by atoms with Crippen LogP contribution >= 0.6 is 0 Å². The molecule has 1 N–H and O–H groups in total. The van der Waals surface area contributed by atoms with Gasteiger partial charge in [-0.05, 0) is 30.7 Å². The zero-order valence-corrected chi connectivity index (χ0v) is 9.61. The van der Waals surface area contributed by atoms with Gasteiger partial charge in [0.15, 0.2) is 0 Å². The van der Waals surface area contributed by atoms with E-state index in [9.17, 15) is 9.59 Å². The Labute approximate surface area is 99.0 Å². The smallest absolute Gasteiger partial charge is 0.338 e. The van der Waals surface area contributed by atoms with E-state index in [-0.39, 0.29) is 12.3 Å². The molecule has 0 spiro atoms. The Kier molecular flexibility index (Phi) is 4.23. The van der Waals surface area contributed by atoms with Crippen molar-refractivity contribution in [2.45, 2.75) is 13.3 Å². The molecule has 17 heavy (non-hydrogen) atoms. The highest BCUT2D eigenvalue weighted by molar-refractivity contribution is 5.94. The maximum Gasteiger partial charge on any atom is 0.338 e. The van der Waals surface area contributed by atoms with Crippen LogP contribution in [0.3, 0.4) is 0 Å². The Balaban J connectivity index is 2.86.